The van der Waals surface area contributed by atoms with Gasteiger partial charge in [-0.3, -0.25) is 9.36 Å². The first-order valence-electron chi connectivity index (χ1n) is 10.8. The van der Waals surface area contributed by atoms with Crippen LogP contribution in [-0.2, 0) is 4.79 Å². The number of anilines is 1. The van der Waals surface area contributed by atoms with Crippen LogP contribution in [0, 0.1) is 6.92 Å². The minimum absolute atomic E-state index is 0.0930. The number of ether oxygens (including phenoxy) is 1. The molecule has 1 fully saturated rings. The van der Waals surface area contributed by atoms with E-state index in [1.54, 1.807) is 7.11 Å². The number of nitrogens with one attached hydrogen (secondary N) is 1. The van der Waals surface area contributed by atoms with Crippen molar-refractivity contribution in [3.8, 4) is 17.1 Å². The van der Waals surface area contributed by atoms with Gasteiger partial charge in [0.15, 0.2) is 11.0 Å². The quantitative estimate of drug-likeness (QED) is 0.419. The Morgan fingerprint density at radius 1 is 1.16 bits per heavy atom. The molecule has 0 atom stereocenters. The number of carbonyl (C=O) groups is 1. The fourth-order valence-corrected chi connectivity index (χ4v) is 5.02. The molecule has 4 rings (SSSR count). The number of aromatic nitrogens is 3. The van der Waals surface area contributed by atoms with Crippen molar-refractivity contribution in [3.05, 3.63) is 53.1 Å². The van der Waals surface area contributed by atoms with E-state index in [2.05, 4.69) is 20.1 Å². The Morgan fingerprint density at radius 3 is 2.62 bits per heavy atom. The van der Waals surface area contributed by atoms with Gasteiger partial charge >= 0.3 is 0 Å². The second-order valence-electron chi connectivity index (χ2n) is 7.95. The molecule has 1 heterocycles. The van der Waals surface area contributed by atoms with E-state index in [0.29, 0.717) is 11.1 Å². The van der Waals surface area contributed by atoms with Crippen LogP contribution in [0.3, 0.4) is 0 Å². The molecule has 1 amide bonds. The largest absolute Gasteiger partial charge is 0.497 e. The van der Waals surface area contributed by atoms with Crippen LogP contribution in [-0.4, -0.2) is 33.5 Å². The van der Waals surface area contributed by atoms with Crippen LogP contribution in [0.1, 0.15) is 43.7 Å². The van der Waals surface area contributed by atoms with Gasteiger partial charge < -0.3 is 10.1 Å². The number of methoxy groups -OCH3 is 1. The monoisotopic (exact) mass is 470 g/mol. The number of carbonyl (C=O) groups excluding carboxylic acids is 1. The van der Waals surface area contributed by atoms with E-state index in [-0.39, 0.29) is 11.7 Å². The molecule has 168 valence electrons. The molecule has 1 aliphatic carbocycles. The van der Waals surface area contributed by atoms with Crippen LogP contribution in [0.15, 0.2) is 47.6 Å². The Balaban J connectivity index is 1.54. The van der Waals surface area contributed by atoms with Crippen LogP contribution in [0.25, 0.3) is 11.4 Å². The Kier molecular flexibility index (Phi) is 7.37. The maximum Gasteiger partial charge on any atom is 0.234 e. The van der Waals surface area contributed by atoms with E-state index >= 15 is 0 Å². The molecule has 6 nitrogen and oxygen atoms in total. The molecule has 0 bridgehead atoms. The van der Waals surface area contributed by atoms with Crippen molar-refractivity contribution in [2.75, 3.05) is 18.2 Å². The number of benzene rings is 2. The fraction of sp³-hybridized carbons (Fsp3) is 0.375. The van der Waals surface area contributed by atoms with Crippen molar-refractivity contribution in [2.45, 2.75) is 50.2 Å². The van der Waals surface area contributed by atoms with Crippen LogP contribution in [0.4, 0.5) is 5.69 Å². The molecule has 0 radical (unpaired) electrons. The summed E-state index contributed by atoms with van der Waals surface area (Å²) in [5.41, 5.74) is 2.59. The van der Waals surface area contributed by atoms with Crippen molar-refractivity contribution in [3.63, 3.8) is 0 Å². The van der Waals surface area contributed by atoms with Gasteiger partial charge in [-0.1, -0.05) is 48.7 Å². The highest BCUT2D eigenvalue weighted by Gasteiger charge is 2.24. The summed E-state index contributed by atoms with van der Waals surface area (Å²) < 4.78 is 7.51. The number of hydrogen-bond acceptors (Lipinski definition) is 5. The van der Waals surface area contributed by atoms with E-state index in [9.17, 15) is 4.79 Å². The van der Waals surface area contributed by atoms with E-state index in [1.165, 1.54) is 31.0 Å². The molecule has 3 aromatic rings. The van der Waals surface area contributed by atoms with E-state index in [4.69, 9.17) is 16.3 Å². The molecule has 1 aromatic heterocycles. The Morgan fingerprint density at radius 2 is 1.91 bits per heavy atom. The highest BCUT2D eigenvalue weighted by molar-refractivity contribution is 7.99. The van der Waals surface area contributed by atoms with Gasteiger partial charge in [0.25, 0.3) is 0 Å². The number of halogens is 1. The highest BCUT2D eigenvalue weighted by atomic mass is 35.5. The summed E-state index contributed by atoms with van der Waals surface area (Å²) >= 11 is 7.59. The molecular weight excluding hydrogens is 444 g/mol. The summed E-state index contributed by atoms with van der Waals surface area (Å²) in [6, 6.07) is 13.7. The standard InChI is InChI=1S/C24H27ClN4O2S/c1-16-20(25)9-6-10-21(16)26-22(30)15-32-24-28-27-23(17-11-13-19(31-2)14-12-17)29(24)18-7-4-3-5-8-18/h6,9-14,18H,3-5,7-8,15H2,1-2H3,(H,26,30). The molecular formula is C24H27ClN4O2S. The first-order valence-corrected chi connectivity index (χ1v) is 12.2. The van der Waals surface area contributed by atoms with Gasteiger partial charge in [0, 0.05) is 22.3 Å². The van der Waals surface area contributed by atoms with Gasteiger partial charge in [0.1, 0.15) is 5.75 Å². The zero-order valence-corrected chi connectivity index (χ0v) is 19.9. The van der Waals surface area contributed by atoms with Crippen molar-refractivity contribution in [2.24, 2.45) is 0 Å². The lowest BCUT2D eigenvalue weighted by Crippen LogP contribution is -2.17. The third kappa shape index (κ3) is 5.10. The number of amides is 1. The molecule has 8 heteroatoms. The Bertz CT molecular complexity index is 1080. The molecule has 0 unspecified atom stereocenters. The normalized spacial score (nSPS) is 14.3. The zero-order valence-electron chi connectivity index (χ0n) is 18.3. The third-order valence-corrected chi connectivity index (χ3v) is 7.18. The molecule has 0 spiro atoms. The number of thioether (sulfide) groups is 1. The highest BCUT2D eigenvalue weighted by Crippen LogP contribution is 2.36. The molecule has 32 heavy (non-hydrogen) atoms. The summed E-state index contributed by atoms with van der Waals surface area (Å²) in [4.78, 5) is 12.6. The lowest BCUT2D eigenvalue weighted by molar-refractivity contribution is -0.113. The average Bonchev–Trinajstić information content (AvgIpc) is 3.25. The third-order valence-electron chi connectivity index (χ3n) is 5.83. The lowest BCUT2D eigenvalue weighted by Gasteiger charge is -2.25. The summed E-state index contributed by atoms with van der Waals surface area (Å²) in [6.45, 7) is 1.89. The van der Waals surface area contributed by atoms with Gasteiger partial charge in [-0.15, -0.1) is 10.2 Å². The Hall–Kier alpha value is -2.51. The van der Waals surface area contributed by atoms with E-state index in [1.807, 2.05) is 49.4 Å². The maximum absolute atomic E-state index is 12.6. The minimum atomic E-state index is -0.0930. The average molecular weight is 471 g/mol. The van der Waals surface area contributed by atoms with Gasteiger partial charge in [0.05, 0.1) is 12.9 Å². The van der Waals surface area contributed by atoms with Gasteiger partial charge in [-0.2, -0.15) is 0 Å². The lowest BCUT2D eigenvalue weighted by atomic mass is 9.95. The van der Waals surface area contributed by atoms with Crippen molar-refractivity contribution in [1.29, 1.82) is 0 Å². The second-order valence-corrected chi connectivity index (χ2v) is 9.30. The number of hydrogen-bond donors (Lipinski definition) is 1. The van der Waals surface area contributed by atoms with Gasteiger partial charge in [0.2, 0.25) is 5.91 Å². The predicted octanol–water partition coefficient (Wildman–Crippen LogP) is 6.15. The van der Waals surface area contributed by atoms with Crippen LogP contribution < -0.4 is 10.1 Å². The predicted molar refractivity (Wildman–Crippen MR) is 130 cm³/mol. The number of rotatable bonds is 7. The smallest absolute Gasteiger partial charge is 0.234 e. The topological polar surface area (TPSA) is 69.0 Å². The van der Waals surface area contributed by atoms with Gasteiger partial charge in [-0.05, 0) is 61.7 Å². The van der Waals surface area contributed by atoms with Gasteiger partial charge in [-0.25, -0.2) is 0 Å². The Labute approximate surface area is 197 Å². The van der Waals surface area contributed by atoms with Crippen molar-refractivity contribution >= 4 is 35.0 Å². The van der Waals surface area contributed by atoms with Crippen LogP contribution in [0.5, 0.6) is 5.75 Å². The summed E-state index contributed by atoms with van der Waals surface area (Å²) in [6.07, 6.45) is 5.86. The first-order chi connectivity index (χ1) is 15.6. The molecule has 2 aromatic carbocycles. The molecule has 0 saturated heterocycles. The summed E-state index contributed by atoms with van der Waals surface area (Å²) in [5, 5.41) is 13.3. The summed E-state index contributed by atoms with van der Waals surface area (Å²) in [7, 11) is 1.66. The molecule has 1 N–H and O–H groups in total. The van der Waals surface area contributed by atoms with Crippen LogP contribution >= 0.6 is 23.4 Å². The maximum atomic E-state index is 12.6. The van der Waals surface area contributed by atoms with Crippen molar-refractivity contribution < 1.29 is 9.53 Å². The summed E-state index contributed by atoms with van der Waals surface area (Å²) in [5.74, 6) is 1.80. The minimum Gasteiger partial charge on any atom is -0.497 e. The first kappa shape index (κ1) is 22.7. The van der Waals surface area contributed by atoms with Crippen molar-refractivity contribution in [1.82, 2.24) is 14.8 Å². The fourth-order valence-electron chi connectivity index (χ4n) is 4.04. The van der Waals surface area contributed by atoms with E-state index in [0.717, 1.165) is 46.4 Å². The molecule has 1 aliphatic rings. The zero-order chi connectivity index (χ0) is 22.5. The molecule has 0 aliphatic heterocycles. The second kappa shape index (κ2) is 10.4. The molecule has 1 saturated carbocycles. The van der Waals surface area contributed by atoms with E-state index < -0.39 is 0 Å². The number of nitrogens with zero attached hydrogens (tertiary/aromatic N) is 3. The van der Waals surface area contributed by atoms with Crippen LogP contribution in [0.2, 0.25) is 5.02 Å². The SMILES string of the molecule is COc1ccc(-c2nnc(SCC(=O)Nc3cccc(Cl)c3C)n2C2CCCCC2)cc1.